The van der Waals surface area contributed by atoms with E-state index in [1.54, 1.807) is 49.2 Å². The molecule has 2 heterocycles. The third kappa shape index (κ3) is 2.73. The molecule has 2 rings (SSSR count). The second-order valence-electron chi connectivity index (χ2n) is 4.17. The molecule has 0 saturated carbocycles. The summed E-state index contributed by atoms with van der Waals surface area (Å²) in [4.78, 5) is 18.0. The van der Waals surface area contributed by atoms with E-state index in [4.69, 9.17) is 4.74 Å². The van der Waals surface area contributed by atoms with Gasteiger partial charge in [-0.2, -0.15) is 5.10 Å². The molecule has 1 amide bonds. The number of pyridine rings is 1. The molecule has 0 atom stereocenters. The number of amides is 1. The number of carbonyl (C=O) groups excluding carboxylic acids is 1. The van der Waals surface area contributed by atoms with Crippen LogP contribution in [0.1, 0.15) is 16.1 Å². The highest BCUT2D eigenvalue weighted by Gasteiger charge is 2.16. The summed E-state index contributed by atoms with van der Waals surface area (Å²) in [5.41, 5.74) is 1.41. The third-order valence-electron chi connectivity index (χ3n) is 2.84. The Morgan fingerprint density at radius 3 is 2.84 bits per heavy atom. The van der Waals surface area contributed by atoms with Gasteiger partial charge in [-0.15, -0.1) is 0 Å². The number of rotatable bonds is 4. The van der Waals surface area contributed by atoms with Gasteiger partial charge in [-0.05, 0) is 12.1 Å². The third-order valence-corrected chi connectivity index (χ3v) is 2.84. The summed E-state index contributed by atoms with van der Waals surface area (Å²) in [7, 11) is 5.04. The fraction of sp³-hybridized carbons (Fsp3) is 0.308. The Hall–Kier alpha value is -2.37. The molecule has 0 unspecified atom stereocenters. The maximum atomic E-state index is 12.2. The molecule has 6 nitrogen and oxygen atoms in total. The van der Waals surface area contributed by atoms with E-state index in [1.807, 2.05) is 12.1 Å². The lowest BCUT2D eigenvalue weighted by atomic mass is 10.2. The Bertz CT molecular complexity index is 580. The highest BCUT2D eigenvalue weighted by atomic mass is 16.5. The lowest BCUT2D eigenvalue weighted by Gasteiger charge is -2.18. The zero-order chi connectivity index (χ0) is 13.8. The van der Waals surface area contributed by atoms with Crippen LogP contribution in [-0.4, -0.2) is 39.7 Å². The van der Waals surface area contributed by atoms with Gasteiger partial charge >= 0.3 is 0 Å². The van der Waals surface area contributed by atoms with Crippen molar-refractivity contribution in [3.63, 3.8) is 0 Å². The van der Waals surface area contributed by atoms with Crippen molar-refractivity contribution in [1.29, 1.82) is 0 Å². The summed E-state index contributed by atoms with van der Waals surface area (Å²) in [6, 6.07) is 5.40. The summed E-state index contributed by atoms with van der Waals surface area (Å²) < 4.78 is 6.73. The van der Waals surface area contributed by atoms with E-state index in [9.17, 15) is 4.79 Å². The Balaban J connectivity index is 2.15. The fourth-order valence-electron chi connectivity index (χ4n) is 1.83. The van der Waals surface area contributed by atoms with Crippen molar-refractivity contribution >= 4 is 5.91 Å². The normalized spacial score (nSPS) is 10.3. The lowest BCUT2D eigenvalue weighted by Crippen LogP contribution is -2.28. The molecular formula is C13H16N4O2. The first-order valence-corrected chi connectivity index (χ1v) is 5.85. The summed E-state index contributed by atoms with van der Waals surface area (Å²) in [6.07, 6.45) is 3.26. The molecule has 0 spiro atoms. The Labute approximate surface area is 111 Å². The first-order chi connectivity index (χ1) is 9.13. The van der Waals surface area contributed by atoms with Gasteiger partial charge in [-0.3, -0.25) is 9.48 Å². The van der Waals surface area contributed by atoms with Crippen LogP contribution in [0.3, 0.4) is 0 Å². The summed E-state index contributed by atoms with van der Waals surface area (Å²) in [6.45, 7) is 0.432. The molecule has 0 aliphatic carbocycles. The number of nitrogens with zero attached hydrogens (tertiary/aromatic N) is 4. The number of carbonyl (C=O) groups is 1. The van der Waals surface area contributed by atoms with Gasteiger partial charge in [0, 0.05) is 32.1 Å². The molecule has 0 bridgehead atoms. The lowest BCUT2D eigenvalue weighted by molar-refractivity contribution is 0.0773. The number of aromatic nitrogens is 3. The smallest absolute Gasteiger partial charge is 0.272 e. The molecule has 2 aromatic heterocycles. The van der Waals surface area contributed by atoms with E-state index < -0.39 is 0 Å². The number of methoxy groups -OCH3 is 1. The first-order valence-electron chi connectivity index (χ1n) is 5.85. The highest BCUT2D eigenvalue weighted by Crippen LogP contribution is 2.16. The van der Waals surface area contributed by atoms with Gasteiger partial charge in [-0.1, -0.05) is 6.07 Å². The second kappa shape index (κ2) is 5.51. The minimum absolute atomic E-state index is 0.0918. The molecular weight excluding hydrogens is 244 g/mol. The van der Waals surface area contributed by atoms with Crippen molar-refractivity contribution in [2.75, 3.05) is 14.2 Å². The maximum Gasteiger partial charge on any atom is 0.272 e. The van der Waals surface area contributed by atoms with E-state index in [0.717, 1.165) is 5.56 Å². The monoisotopic (exact) mass is 260 g/mol. The van der Waals surface area contributed by atoms with Crippen LogP contribution >= 0.6 is 0 Å². The van der Waals surface area contributed by atoms with Crippen LogP contribution in [0.4, 0.5) is 0 Å². The molecule has 0 N–H and O–H groups in total. The van der Waals surface area contributed by atoms with E-state index in [1.165, 1.54) is 0 Å². The maximum absolute atomic E-state index is 12.2. The van der Waals surface area contributed by atoms with Crippen molar-refractivity contribution in [3.8, 4) is 5.88 Å². The van der Waals surface area contributed by atoms with E-state index in [-0.39, 0.29) is 5.91 Å². The zero-order valence-electron chi connectivity index (χ0n) is 11.2. The SMILES string of the molecule is COc1ncccc1CN(C)C(=O)c1ccnn1C. The quantitative estimate of drug-likeness (QED) is 0.825. The summed E-state index contributed by atoms with van der Waals surface area (Å²) in [5.74, 6) is 0.443. The first kappa shape index (κ1) is 13.1. The second-order valence-corrected chi connectivity index (χ2v) is 4.17. The van der Waals surface area contributed by atoms with Crippen molar-refractivity contribution in [2.24, 2.45) is 7.05 Å². The summed E-state index contributed by atoms with van der Waals surface area (Å²) in [5, 5.41) is 3.99. The van der Waals surface area contributed by atoms with E-state index >= 15 is 0 Å². The highest BCUT2D eigenvalue weighted by molar-refractivity contribution is 5.92. The standard InChI is InChI=1S/C13H16N4O2/c1-16(13(18)11-6-8-15-17(11)2)9-10-5-4-7-14-12(10)19-3/h4-8H,9H2,1-3H3. The molecule has 0 saturated heterocycles. The minimum Gasteiger partial charge on any atom is -0.481 e. The van der Waals surface area contributed by atoms with Crippen molar-refractivity contribution < 1.29 is 9.53 Å². The molecule has 0 aromatic carbocycles. The Kier molecular flexibility index (Phi) is 3.79. The minimum atomic E-state index is -0.0918. The molecule has 0 radical (unpaired) electrons. The molecule has 2 aromatic rings. The van der Waals surface area contributed by atoms with Crippen LogP contribution in [0.25, 0.3) is 0 Å². The predicted molar refractivity (Wildman–Crippen MR) is 69.8 cm³/mol. The van der Waals surface area contributed by atoms with Crippen molar-refractivity contribution in [1.82, 2.24) is 19.7 Å². The predicted octanol–water partition coefficient (Wildman–Crippen LogP) is 1.10. The van der Waals surface area contributed by atoms with Crippen molar-refractivity contribution in [2.45, 2.75) is 6.54 Å². The van der Waals surface area contributed by atoms with Crippen LogP contribution in [-0.2, 0) is 13.6 Å². The topological polar surface area (TPSA) is 60.2 Å². The number of hydrogen-bond acceptors (Lipinski definition) is 4. The molecule has 0 aliphatic rings. The van der Waals surface area contributed by atoms with Gasteiger partial charge < -0.3 is 9.64 Å². The van der Waals surface area contributed by atoms with Gasteiger partial charge in [0.15, 0.2) is 0 Å². The molecule has 19 heavy (non-hydrogen) atoms. The molecule has 100 valence electrons. The Morgan fingerprint density at radius 1 is 1.42 bits per heavy atom. The molecule has 6 heteroatoms. The van der Waals surface area contributed by atoms with Gasteiger partial charge in [0.05, 0.1) is 13.7 Å². The van der Waals surface area contributed by atoms with Crippen LogP contribution in [0.2, 0.25) is 0 Å². The Morgan fingerprint density at radius 2 is 2.21 bits per heavy atom. The molecule has 0 aliphatic heterocycles. The largest absolute Gasteiger partial charge is 0.481 e. The van der Waals surface area contributed by atoms with Crippen LogP contribution in [0.15, 0.2) is 30.6 Å². The number of aryl methyl sites for hydroxylation is 1. The van der Waals surface area contributed by atoms with Crippen LogP contribution in [0, 0.1) is 0 Å². The van der Waals surface area contributed by atoms with E-state index in [0.29, 0.717) is 18.1 Å². The van der Waals surface area contributed by atoms with Crippen LogP contribution < -0.4 is 4.74 Å². The average Bonchev–Trinajstić information content (AvgIpc) is 2.84. The number of ether oxygens (including phenoxy) is 1. The zero-order valence-corrected chi connectivity index (χ0v) is 11.2. The van der Waals surface area contributed by atoms with Gasteiger partial charge in [-0.25, -0.2) is 4.98 Å². The van der Waals surface area contributed by atoms with Gasteiger partial charge in [0.2, 0.25) is 5.88 Å². The van der Waals surface area contributed by atoms with Gasteiger partial charge in [0.1, 0.15) is 5.69 Å². The van der Waals surface area contributed by atoms with Gasteiger partial charge in [0.25, 0.3) is 5.91 Å². The van der Waals surface area contributed by atoms with E-state index in [2.05, 4.69) is 10.1 Å². The van der Waals surface area contributed by atoms with Crippen LogP contribution in [0.5, 0.6) is 5.88 Å². The fourth-order valence-corrected chi connectivity index (χ4v) is 1.83. The molecule has 0 fully saturated rings. The van der Waals surface area contributed by atoms with Crippen molar-refractivity contribution in [3.05, 3.63) is 41.9 Å². The summed E-state index contributed by atoms with van der Waals surface area (Å²) >= 11 is 0. The number of hydrogen-bond donors (Lipinski definition) is 0. The average molecular weight is 260 g/mol.